The van der Waals surface area contributed by atoms with Gasteiger partial charge in [-0.1, -0.05) is 0 Å². The molecule has 0 bridgehead atoms. The maximum atomic E-state index is 14.9. The second kappa shape index (κ2) is 11.3. The number of benzene rings is 2. The zero-order valence-corrected chi connectivity index (χ0v) is 23.1. The van der Waals surface area contributed by atoms with Gasteiger partial charge in [0.1, 0.15) is 23.7 Å². The van der Waals surface area contributed by atoms with Crippen molar-refractivity contribution in [1.29, 1.82) is 5.26 Å². The zero-order valence-electron chi connectivity index (χ0n) is 22.3. The highest BCUT2D eigenvalue weighted by Gasteiger charge is 2.27. The maximum absolute atomic E-state index is 14.9. The number of piperazine rings is 1. The van der Waals surface area contributed by atoms with Gasteiger partial charge in [0.2, 0.25) is 5.95 Å². The summed E-state index contributed by atoms with van der Waals surface area (Å²) in [7, 11) is -3.94. The summed E-state index contributed by atoms with van der Waals surface area (Å²) < 4.78 is 51.1. The SMILES string of the molecule is N#Cc1c(NS(=O)(=O)N2CCCC2)ccc(F)c1Oc1ccc2ncn(-c3cnc(N4CCNCC4)nc3)c(=O)c2c1. The van der Waals surface area contributed by atoms with Crippen LogP contribution in [0.1, 0.15) is 18.4 Å². The molecule has 0 saturated carbocycles. The Labute approximate surface area is 240 Å². The monoisotopic (exact) mass is 591 g/mol. The first-order valence-corrected chi connectivity index (χ1v) is 14.8. The Bertz CT molecular complexity index is 1850. The topological polar surface area (TPSA) is 158 Å². The van der Waals surface area contributed by atoms with Crippen molar-refractivity contribution in [2.24, 2.45) is 0 Å². The van der Waals surface area contributed by atoms with Crippen molar-refractivity contribution in [3.8, 4) is 23.3 Å². The van der Waals surface area contributed by atoms with Crippen molar-refractivity contribution >= 4 is 32.7 Å². The smallest absolute Gasteiger partial charge is 0.301 e. The van der Waals surface area contributed by atoms with Gasteiger partial charge in [-0.15, -0.1) is 0 Å². The number of nitriles is 1. The number of aromatic nitrogens is 4. The molecule has 2 saturated heterocycles. The summed E-state index contributed by atoms with van der Waals surface area (Å²) in [5, 5.41) is 13.3. The van der Waals surface area contributed by atoms with Crippen molar-refractivity contribution in [3.63, 3.8) is 0 Å². The third-order valence-electron chi connectivity index (χ3n) is 7.12. The van der Waals surface area contributed by atoms with Gasteiger partial charge in [-0.25, -0.2) is 19.3 Å². The Morgan fingerprint density at radius 3 is 2.48 bits per heavy atom. The van der Waals surface area contributed by atoms with E-state index < -0.39 is 27.3 Å². The quantitative estimate of drug-likeness (QED) is 0.326. The van der Waals surface area contributed by atoms with Crippen molar-refractivity contribution in [2.45, 2.75) is 12.8 Å². The average molecular weight is 592 g/mol. The Kier molecular flexibility index (Phi) is 7.42. The lowest BCUT2D eigenvalue weighted by atomic mass is 10.1. The van der Waals surface area contributed by atoms with E-state index in [1.54, 1.807) is 12.4 Å². The van der Waals surface area contributed by atoms with Gasteiger partial charge in [0.15, 0.2) is 11.6 Å². The van der Waals surface area contributed by atoms with Gasteiger partial charge in [-0.2, -0.15) is 18.0 Å². The van der Waals surface area contributed by atoms with E-state index in [0.717, 1.165) is 45.1 Å². The van der Waals surface area contributed by atoms with Gasteiger partial charge in [-0.05, 0) is 43.2 Å². The van der Waals surface area contributed by atoms with Gasteiger partial charge >= 0.3 is 10.2 Å². The van der Waals surface area contributed by atoms with E-state index in [9.17, 15) is 22.9 Å². The number of hydrogen-bond donors (Lipinski definition) is 2. The van der Waals surface area contributed by atoms with Crippen LogP contribution in [0.2, 0.25) is 0 Å². The lowest BCUT2D eigenvalue weighted by Crippen LogP contribution is -2.44. The molecule has 2 N–H and O–H groups in total. The molecule has 2 fully saturated rings. The zero-order chi connectivity index (χ0) is 29.3. The fourth-order valence-electron chi connectivity index (χ4n) is 4.92. The van der Waals surface area contributed by atoms with Crippen LogP contribution in [-0.2, 0) is 10.2 Å². The molecule has 4 heterocycles. The molecular weight excluding hydrogens is 565 g/mol. The summed E-state index contributed by atoms with van der Waals surface area (Å²) in [5.74, 6) is -0.724. The minimum Gasteiger partial charge on any atom is -0.453 e. The maximum Gasteiger partial charge on any atom is 0.301 e. The normalized spacial score (nSPS) is 16.0. The fraction of sp³-hybridized carbons (Fsp3) is 0.296. The van der Waals surface area contributed by atoms with Gasteiger partial charge in [0.25, 0.3) is 5.56 Å². The molecule has 2 aliphatic rings. The largest absolute Gasteiger partial charge is 0.453 e. The number of rotatable bonds is 7. The van der Waals surface area contributed by atoms with Crippen LogP contribution >= 0.6 is 0 Å². The molecule has 0 aliphatic carbocycles. The molecule has 42 heavy (non-hydrogen) atoms. The summed E-state index contributed by atoms with van der Waals surface area (Å²) in [6.07, 6.45) is 5.93. The van der Waals surface area contributed by atoms with Crippen molar-refractivity contribution in [1.82, 2.24) is 29.1 Å². The van der Waals surface area contributed by atoms with E-state index in [2.05, 4.69) is 25.0 Å². The van der Waals surface area contributed by atoms with Gasteiger partial charge < -0.3 is 15.0 Å². The number of fused-ring (bicyclic) bond motifs is 1. The van der Waals surface area contributed by atoms with Crippen LogP contribution < -0.4 is 25.2 Å². The highest BCUT2D eigenvalue weighted by molar-refractivity contribution is 7.90. The Morgan fingerprint density at radius 2 is 1.76 bits per heavy atom. The summed E-state index contributed by atoms with van der Waals surface area (Å²) in [6.45, 7) is 3.94. The molecule has 0 amide bonds. The van der Waals surface area contributed by atoms with E-state index in [4.69, 9.17) is 4.74 Å². The van der Waals surface area contributed by atoms with Gasteiger partial charge in [0.05, 0.1) is 34.7 Å². The number of anilines is 2. The number of halogens is 1. The van der Waals surface area contributed by atoms with Crippen LogP contribution in [0.25, 0.3) is 16.6 Å². The highest BCUT2D eigenvalue weighted by atomic mass is 32.2. The van der Waals surface area contributed by atoms with Gasteiger partial charge in [0, 0.05) is 39.3 Å². The van der Waals surface area contributed by atoms with Gasteiger partial charge in [-0.3, -0.25) is 14.1 Å². The Morgan fingerprint density at radius 1 is 1.02 bits per heavy atom. The van der Waals surface area contributed by atoms with E-state index in [-0.39, 0.29) is 22.4 Å². The molecule has 0 radical (unpaired) electrons. The molecule has 0 atom stereocenters. The number of nitrogens with one attached hydrogen (secondary N) is 2. The number of ether oxygens (including phenoxy) is 1. The predicted octanol–water partition coefficient (Wildman–Crippen LogP) is 2.14. The fourth-order valence-corrected chi connectivity index (χ4v) is 6.23. The molecule has 15 heteroatoms. The molecule has 13 nitrogen and oxygen atoms in total. The van der Waals surface area contributed by atoms with Crippen LogP contribution in [0.15, 0.2) is 53.8 Å². The van der Waals surface area contributed by atoms with Crippen LogP contribution in [0, 0.1) is 17.1 Å². The summed E-state index contributed by atoms with van der Waals surface area (Å²) in [6, 6.07) is 8.42. The lowest BCUT2D eigenvalue weighted by molar-refractivity contribution is 0.441. The average Bonchev–Trinajstić information content (AvgIpc) is 3.57. The van der Waals surface area contributed by atoms with Crippen LogP contribution in [0.3, 0.4) is 0 Å². The van der Waals surface area contributed by atoms with Crippen molar-refractivity contribution in [2.75, 3.05) is 48.9 Å². The summed E-state index contributed by atoms with van der Waals surface area (Å²) >= 11 is 0. The summed E-state index contributed by atoms with van der Waals surface area (Å²) in [4.78, 5) is 28.7. The molecule has 0 unspecified atom stereocenters. The molecule has 6 rings (SSSR count). The van der Waals surface area contributed by atoms with Crippen LogP contribution in [-0.4, -0.2) is 71.5 Å². The van der Waals surface area contributed by atoms with Crippen molar-refractivity contribution in [3.05, 3.63) is 70.8 Å². The standard InChI is InChI=1S/C27H26FN9O4S/c28-22-4-6-24(34-42(39,40)36-9-1-2-10-36)21(14-29)25(22)41-19-3-5-23-20(13-19)26(38)37(17-33-23)18-15-31-27(32-16-18)35-11-7-30-8-12-35/h3-6,13,15-17,30,34H,1-2,7-12H2. The Balaban J connectivity index is 1.30. The first-order chi connectivity index (χ1) is 20.3. The Hall–Kier alpha value is -4.65. The molecule has 2 aromatic heterocycles. The summed E-state index contributed by atoms with van der Waals surface area (Å²) in [5.41, 5.74) is -0.0967. The number of hydrogen-bond acceptors (Lipinski definition) is 10. The number of nitrogens with zero attached hydrogens (tertiary/aromatic N) is 7. The first-order valence-electron chi connectivity index (χ1n) is 13.3. The molecular formula is C27H26FN9O4S. The predicted molar refractivity (Wildman–Crippen MR) is 153 cm³/mol. The van der Waals surface area contributed by atoms with Crippen LogP contribution in [0.4, 0.5) is 16.0 Å². The molecule has 0 spiro atoms. The minimum absolute atomic E-state index is 0.0550. The minimum atomic E-state index is -3.94. The van der Waals surface area contributed by atoms with E-state index in [0.29, 0.717) is 30.2 Å². The van der Waals surface area contributed by atoms with E-state index in [1.165, 1.54) is 39.5 Å². The van der Waals surface area contributed by atoms with Crippen molar-refractivity contribution < 1.29 is 17.5 Å². The van der Waals surface area contributed by atoms with E-state index >= 15 is 0 Å². The third kappa shape index (κ3) is 5.34. The van der Waals surface area contributed by atoms with E-state index in [1.807, 2.05) is 11.0 Å². The molecule has 2 aliphatic heterocycles. The lowest BCUT2D eigenvalue weighted by Gasteiger charge is -2.27. The second-order valence-corrected chi connectivity index (χ2v) is 11.5. The van der Waals surface area contributed by atoms with Crippen LogP contribution in [0.5, 0.6) is 11.5 Å². The molecule has 2 aromatic carbocycles. The molecule has 4 aromatic rings. The third-order valence-corrected chi connectivity index (χ3v) is 8.64. The second-order valence-electron chi connectivity index (χ2n) is 9.80. The first kappa shape index (κ1) is 27.5. The molecule has 216 valence electrons. The highest BCUT2D eigenvalue weighted by Crippen LogP contribution is 2.34.